The summed E-state index contributed by atoms with van der Waals surface area (Å²) in [6.07, 6.45) is 0. The van der Waals surface area contributed by atoms with Crippen molar-refractivity contribution in [3.05, 3.63) is 29.5 Å². The lowest BCUT2D eigenvalue weighted by molar-refractivity contribution is 0.412. The van der Waals surface area contributed by atoms with E-state index in [1.165, 1.54) is 0 Å². The van der Waals surface area contributed by atoms with E-state index in [0.717, 1.165) is 28.1 Å². The van der Waals surface area contributed by atoms with Crippen molar-refractivity contribution in [2.45, 2.75) is 26.7 Å². The molecular formula is C15H21N3O. The van der Waals surface area contributed by atoms with Gasteiger partial charge in [0.25, 0.3) is 0 Å². The molecule has 1 aromatic heterocycles. The highest BCUT2D eigenvalue weighted by Gasteiger charge is 2.18. The molecule has 0 amide bonds. The third-order valence-electron chi connectivity index (χ3n) is 3.36. The van der Waals surface area contributed by atoms with E-state index in [0.29, 0.717) is 11.7 Å². The topological polar surface area (TPSA) is 53.1 Å². The molecule has 0 unspecified atom stereocenters. The van der Waals surface area contributed by atoms with Gasteiger partial charge in [0.15, 0.2) is 0 Å². The first-order valence-electron chi connectivity index (χ1n) is 6.43. The minimum absolute atomic E-state index is 0.325. The molecule has 0 spiro atoms. The SMILES string of the molecule is COc1cc(-c2c(C(C)C)nn(C)c2N)ccc1C. The lowest BCUT2D eigenvalue weighted by Crippen LogP contribution is -1.98. The van der Waals surface area contributed by atoms with Gasteiger partial charge in [0.05, 0.1) is 12.8 Å². The molecule has 0 fully saturated rings. The van der Waals surface area contributed by atoms with Crippen LogP contribution in [0.15, 0.2) is 18.2 Å². The molecule has 102 valence electrons. The number of nitrogens with zero attached hydrogens (tertiary/aromatic N) is 2. The van der Waals surface area contributed by atoms with E-state index in [2.05, 4.69) is 25.0 Å². The molecular weight excluding hydrogens is 238 g/mol. The van der Waals surface area contributed by atoms with E-state index in [1.807, 2.05) is 26.1 Å². The molecule has 0 aliphatic heterocycles. The second kappa shape index (κ2) is 4.96. The van der Waals surface area contributed by atoms with Gasteiger partial charge >= 0.3 is 0 Å². The maximum Gasteiger partial charge on any atom is 0.129 e. The molecule has 0 aliphatic carbocycles. The summed E-state index contributed by atoms with van der Waals surface area (Å²) in [5.74, 6) is 1.89. The van der Waals surface area contributed by atoms with Crippen LogP contribution in [0.2, 0.25) is 0 Å². The average Bonchev–Trinajstić information content (AvgIpc) is 2.67. The molecule has 1 heterocycles. The van der Waals surface area contributed by atoms with Crippen LogP contribution in [0.25, 0.3) is 11.1 Å². The minimum Gasteiger partial charge on any atom is -0.496 e. The van der Waals surface area contributed by atoms with Crippen molar-refractivity contribution in [1.82, 2.24) is 9.78 Å². The molecule has 4 nitrogen and oxygen atoms in total. The number of anilines is 1. The number of hydrogen-bond acceptors (Lipinski definition) is 3. The van der Waals surface area contributed by atoms with Crippen LogP contribution in [0.4, 0.5) is 5.82 Å². The summed E-state index contributed by atoms with van der Waals surface area (Å²) in [7, 11) is 3.55. The van der Waals surface area contributed by atoms with Crippen LogP contribution >= 0.6 is 0 Å². The van der Waals surface area contributed by atoms with Gasteiger partial charge in [-0.3, -0.25) is 4.68 Å². The fourth-order valence-corrected chi connectivity index (χ4v) is 2.23. The third kappa shape index (κ3) is 2.30. The van der Waals surface area contributed by atoms with Crippen molar-refractivity contribution in [3.63, 3.8) is 0 Å². The lowest BCUT2D eigenvalue weighted by atomic mass is 9.98. The van der Waals surface area contributed by atoms with E-state index >= 15 is 0 Å². The zero-order chi connectivity index (χ0) is 14.2. The molecule has 0 bridgehead atoms. The zero-order valence-electron chi connectivity index (χ0n) is 12.2. The standard InChI is InChI=1S/C15H21N3O/c1-9(2)14-13(15(16)18(4)17-14)11-7-6-10(3)12(8-11)19-5/h6-9H,16H2,1-5H3. The summed E-state index contributed by atoms with van der Waals surface area (Å²) >= 11 is 0. The predicted octanol–water partition coefficient (Wildman–Crippen LogP) is 3.11. The van der Waals surface area contributed by atoms with E-state index in [1.54, 1.807) is 11.8 Å². The van der Waals surface area contributed by atoms with Crippen molar-refractivity contribution in [2.75, 3.05) is 12.8 Å². The monoisotopic (exact) mass is 259 g/mol. The largest absolute Gasteiger partial charge is 0.496 e. The van der Waals surface area contributed by atoms with Crippen LogP contribution in [0, 0.1) is 6.92 Å². The van der Waals surface area contributed by atoms with Crippen LogP contribution < -0.4 is 10.5 Å². The van der Waals surface area contributed by atoms with Gasteiger partial charge in [-0.05, 0) is 30.0 Å². The Hall–Kier alpha value is -1.97. The first-order chi connectivity index (χ1) is 8.95. The van der Waals surface area contributed by atoms with Crippen LogP contribution in [0.5, 0.6) is 5.75 Å². The molecule has 0 aliphatic rings. The normalized spacial score (nSPS) is 11.1. The van der Waals surface area contributed by atoms with Crippen molar-refractivity contribution in [2.24, 2.45) is 7.05 Å². The molecule has 19 heavy (non-hydrogen) atoms. The average molecular weight is 259 g/mol. The number of ether oxygens (including phenoxy) is 1. The number of aromatic nitrogens is 2. The van der Waals surface area contributed by atoms with Gasteiger partial charge in [-0.25, -0.2) is 0 Å². The Kier molecular flexibility index (Phi) is 3.51. The summed E-state index contributed by atoms with van der Waals surface area (Å²) in [4.78, 5) is 0. The summed E-state index contributed by atoms with van der Waals surface area (Å²) in [6, 6.07) is 6.14. The minimum atomic E-state index is 0.325. The fraction of sp³-hybridized carbons (Fsp3) is 0.400. The first-order valence-corrected chi connectivity index (χ1v) is 6.43. The lowest BCUT2D eigenvalue weighted by Gasteiger charge is -2.10. The summed E-state index contributed by atoms with van der Waals surface area (Å²) in [5.41, 5.74) is 10.4. The van der Waals surface area contributed by atoms with Crippen LogP contribution in [-0.2, 0) is 7.05 Å². The van der Waals surface area contributed by atoms with Crippen LogP contribution in [0.3, 0.4) is 0 Å². The highest BCUT2D eigenvalue weighted by atomic mass is 16.5. The van der Waals surface area contributed by atoms with Crippen molar-refractivity contribution in [3.8, 4) is 16.9 Å². The Morgan fingerprint density at radius 2 is 2.00 bits per heavy atom. The van der Waals surface area contributed by atoms with Gasteiger partial charge in [0, 0.05) is 12.6 Å². The summed E-state index contributed by atoms with van der Waals surface area (Å²) in [5, 5.41) is 4.51. The highest BCUT2D eigenvalue weighted by Crippen LogP contribution is 2.35. The maximum atomic E-state index is 6.16. The smallest absolute Gasteiger partial charge is 0.129 e. The van der Waals surface area contributed by atoms with Crippen molar-refractivity contribution >= 4 is 5.82 Å². The molecule has 2 N–H and O–H groups in total. The van der Waals surface area contributed by atoms with Crippen molar-refractivity contribution < 1.29 is 4.74 Å². The predicted molar refractivity (Wildman–Crippen MR) is 78.4 cm³/mol. The van der Waals surface area contributed by atoms with Gasteiger partial charge < -0.3 is 10.5 Å². The summed E-state index contributed by atoms with van der Waals surface area (Å²) in [6.45, 7) is 6.27. The number of nitrogens with two attached hydrogens (primary N) is 1. The number of nitrogen functional groups attached to an aromatic ring is 1. The molecule has 4 heteroatoms. The van der Waals surface area contributed by atoms with E-state index in [9.17, 15) is 0 Å². The Labute approximate surface area is 114 Å². The number of rotatable bonds is 3. The van der Waals surface area contributed by atoms with Gasteiger partial charge in [-0.15, -0.1) is 0 Å². The van der Waals surface area contributed by atoms with Gasteiger partial charge in [-0.2, -0.15) is 5.10 Å². The number of methoxy groups -OCH3 is 1. The van der Waals surface area contributed by atoms with E-state index in [4.69, 9.17) is 10.5 Å². The van der Waals surface area contributed by atoms with Crippen LogP contribution in [-0.4, -0.2) is 16.9 Å². The quantitative estimate of drug-likeness (QED) is 0.921. The highest BCUT2D eigenvalue weighted by molar-refractivity contribution is 5.78. The molecule has 2 aromatic rings. The maximum absolute atomic E-state index is 6.16. The second-order valence-corrected chi connectivity index (χ2v) is 5.11. The van der Waals surface area contributed by atoms with E-state index < -0.39 is 0 Å². The van der Waals surface area contributed by atoms with E-state index in [-0.39, 0.29) is 0 Å². The fourth-order valence-electron chi connectivity index (χ4n) is 2.23. The van der Waals surface area contributed by atoms with Crippen LogP contribution in [0.1, 0.15) is 31.0 Å². The molecule has 0 saturated heterocycles. The van der Waals surface area contributed by atoms with Crippen molar-refractivity contribution in [1.29, 1.82) is 0 Å². The Bertz CT molecular complexity index is 600. The molecule has 2 rings (SSSR count). The molecule has 0 radical (unpaired) electrons. The molecule has 1 aromatic carbocycles. The Morgan fingerprint density at radius 3 is 2.58 bits per heavy atom. The second-order valence-electron chi connectivity index (χ2n) is 5.11. The third-order valence-corrected chi connectivity index (χ3v) is 3.36. The number of benzene rings is 1. The number of hydrogen-bond donors (Lipinski definition) is 1. The Morgan fingerprint density at radius 1 is 1.32 bits per heavy atom. The number of aryl methyl sites for hydroxylation is 2. The first kappa shape index (κ1) is 13.5. The molecule has 0 atom stereocenters. The van der Waals surface area contributed by atoms with Gasteiger partial charge in [-0.1, -0.05) is 26.0 Å². The molecule has 0 saturated carbocycles. The van der Waals surface area contributed by atoms with Gasteiger partial charge in [0.1, 0.15) is 11.6 Å². The zero-order valence-corrected chi connectivity index (χ0v) is 12.2. The Balaban J connectivity index is 2.64. The van der Waals surface area contributed by atoms with Gasteiger partial charge in [0.2, 0.25) is 0 Å². The summed E-state index contributed by atoms with van der Waals surface area (Å²) < 4.78 is 7.12.